The number of nitrogens with zero attached hydrogens (tertiary/aromatic N) is 2. The van der Waals surface area contributed by atoms with Crippen LogP contribution in [0.5, 0.6) is 0 Å². The summed E-state index contributed by atoms with van der Waals surface area (Å²) in [6.07, 6.45) is 2.72. The van der Waals surface area contributed by atoms with Crippen molar-refractivity contribution in [2.24, 2.45) is 12.8 Å². The minimum absolute atomic E-state index is 0.106. The summed E-state index contributed by atoms with van der Waals surface area (Å²) >= 11 is 0. The van der Waals surface area contributed by atoms with Gasteiger partial charge in [0.15, 0.2) is 0 Å². The van der Waals surface area contributed by atoms with Crippen LogP contribution in [-0.2, 0) is 7.05 Å². The maximum Gasteiger partial charge on any atom is 0.123 e. The zero-order chi connectivity index (χ0) is 9.90. The Morgan fingerprint density at radius 1 is 1.62 bits per heavy atom. The molecule has 3 N–H and O–H groups in total. The summed E-state index contributed by atoms with van der Waals surface area (Å²) in [6.45, 7) is 4.93. The Morgan fingerprint density at radius 3 is 2.77 bits per heavy atom. The molecule has 0 unspecified atom stereocenters. The second-order valence-corrected chi connectivity index (χ2v) is 4.01. The SMILES string of the molecule is Cn1nccc1NCCC(C)(C)N. The van der Waals surface area contributed by atoms with Crippen molar-refractivity contribution in [2.45, 2.75) is 25.8 Å². The van der Waals surface area contributed by atoms with Crippen molar-refractivity contribution >= 4 is 5.82 Å². The van der Waals surface area contributed by atoms with E-state index in [0.29, 0.717) is 0 Å². The second kappa shape index (κ2) is 3.79. The minimum Gasteiger partial charge on any atom is -0.370 e. The second-order valence-electron chi connectivity index (χ2n) is 4.01. The fraction of sp³-hybridized carbons (Fsp3) is 0.667. The zero-order valence-electron chi connectivity index (χ0n) is 8.54. The van der Waals surface area contributed by atoms with Gasteiger partial charge in [0.05, 0.1) is 6.20 Å². The molecular weight excluding hydrogens is 164 g/mol. The summed E-state index contributed by atoms with van der Waals surface area (Å²) in [4.78, 5) is 0. The lowest BCUT2D eigenvalue weighted by molar-refractivity contribution is 0.490. The third-order valence-corrected chi connectivity index (χ3v) is 1.90. The van der Waals surface area contributed by atoms with Crippen LogP contribution in [0.1, 0.15) is 20.3 Å². The van der Waals surface area contributed by atoms with Crippen molar-refractivity contribution < 1.29 is 0 Å². The van der Waals surface area contributed by atoms with Crippen LogP contribution in [0.25, 0.3) is 0 Å². The summed E-state index contributed by atoms with van der Waals surface area (Å²) < 4.78 is 1.81. The van der Waals surface area contributed by atoms with Crippen molar-refractivity contribution in [1.82, 2.24) is 9.78 Å². The third-order valence-electron chi connectivity index (χ3n) is 1.90. The van der Waals surface area contributed by atoms with E-state index in [1.807, 2.05) is 31.6 Å². The quantitative estimate of drug-likeness (QED) is 0.729. The summed E-state index contributed by atoms with van der Waals surface area (Å²) in [7, 11) is 1.91. The molecule has 1 aromatic heterocycles. The van der Waals surface area contributed by atoms with Gasteiger partial charge in [-0.05, 0) is 20.3 Å². The minimum atomic E-state index is -0.106. The number of aromatic nitrogens is 2. The summed E-state index contributed by atoms with van der Waals surface area (Å²) in [6, 6.07) is 1.95. The first-order valence-corrected chi connectivity index (χ1v) is 4.50. The van der Waals surface area contributed by atoms with E-state index in [1.165, 1.54) is 0 Å². The van der Waals surface area contributed by atoms with E-state index in [-0.39, 0.29) is 5.54 Å². The van der Waals surface area contributed by atoms with Crippen molar-refractivity contribution in [3.8, 4) is 0 Å². The van der Waals surface area contributed by atoms with E-state index in [9.17, 15) is 0 Å². The predicted octanol–water partition coefficient (Wildman–Crippen LogP) is 0.959. The van der Waals surface area contributed by atoms with Crippen LogP contribution in [0.4, 0.5) is 5.82 Å². The monoisotopic (exact) mass is 182 g/mol. The molecule has 0 aromatic carbocycles. The average molecular weight is 182 g/mol. The average Bonchev–Trinajstić information content (AvgIpc) is 2.34. The lowest BCUT2D eigenvalue weighted by Gasteiger charge is -2.18. The topological polar surface area (TPSA) is 55.9 Å². The Hall–Kier alpha value is -1.03. The molecule has 0 aliphatic rings. The number of nitrogens with two attached hydrogens (primary N) is 1. The Morgan fingerprint density at radius 2 is 2.31 bits per heavy atom. The zero-order valence-corrected chi connectivity index (χ0v) is 8.54. The number of anilines is 1. The maximum absolute atomic E-state index is 5.85. The molecule has 0 aliphatic heterocycles. The molecule has 0 aliphatic carbocycles. The molecule has 1 aromatic rings. The summed E-state index contributed by atoms with van der Waals surface area (Å²) in [5.41, 5.74) is 5.74. The molecule has 1 rings (SSSR count). The normalized spacial score (nSPS) is 11.7. The van der Waals surface area contributed by atoms with Gasteiger partial charge in [0.1, 0.15) is 5.82 Å². The van der Waals surface area contributed by atoms with Crippen LogP contribution < -0.4 is 11.1 Å². The van der Waals surface area contributed by atoms with Crippen molar-refractivity contribution in [2.75, 3.05) is 11.9 Å². The molecule has 74 valence electrons. The number of hydrogen-bond acceptors (Lipinski definition) is 3. The first kappa shape index (κ1) is 10.1. The van der Waals surface area contributed by atoms with Gasteiger partial charge in [-0.3, -0.25) is 4.68 Å². The van der Waals surface area contributed by atoms with Gasteiger partial charge in [0, 0.05) is 25.2 Å². The van der Waals surface area contributed by atoms with Crippen LogP contribution in [0.15, 0.2) is 12.3 Å². The van der Waals surface area contributed by atoms with Gasteiger partial charge in [-0.2, -0.15) is 5.10 Å². The Labute approximate surface area is 79.1 Å². The largest absolute Gasteiger partial charge is 0.370 e. The van der Waals surface area contributed by atoms with E-state index in [0.717, 1.165) is 18.8 Å². The summed E-state index contributed by atoms with van der Waals surface area (Å²) in [5.74, 6) is 1.03. The van der Waals surface area contributed by atoms with Gasteiger partial charge >= 0.3 is 0 Å². The summed E-state index contributed by atoms with van der Waals surface area (Å²) in [5, 5.41) is 7.32. The van der Waals surface area contributed by atoms with E-state index < -0.39 is 0 Å². The first-order valence-electron chi connectivity index (χ1n) is 4.50. The molecule has 0 saturated carbocycles. The van der Waals surface area contributed by atoms with E-state index >= 15 is 0 Å². The van der Waals surface area contributed by atoms with Gasteiger partial charge in [0.25, 0.3) is 0 Å². The third kappa shape index (κ3) is 3.46. The van der Waals surface area contributed by atoms with Crippen LogP contribution in [0.3, 0.4) is 0 Å². The van der Waals surface area contributed by atoms with E-state index in [2.05, 4.69) is 10.4 Å². The Bertz CT molecular complexity index is 259. The first-order chi connectivity index (χ1) is 5.99. The lowest BCUT2D eigenvalue weighted by Crippen LogP contribution is -2.34. The Balaban J connectivity index is 2.32. The highest BCUT2D eigenvalue weighted by Gasteiger charge is 2.09. The molecule has 0 atom stereocenters. The van der Waals surface area contributed by atoms with Crippen molar-refractivity contribution in [3.63, 3.8) is 0 Å². The maximum atomic E-state index is 5.85. The molecule has 0 amide bonds. The van der Waals surface area contributed by atoms with E-state index in [1.54, 1.807) is 6.20 Å². The molecule has 1 heterocycles. The molecule has 0 fully saturated rings. The van der Waals surface area contributed by atoms with Crippen LogP contribution >= 0.6 is 0 Å². The smallest absolute Gasteiger partial charge is 0.123 e. The van der Waals surface area contributed by atoms with E-state index in [4.69, 9.17) is 5.73 Å². The van der Waals surface area contributed by atoms with Crippen molar-refractivity contribution in [1.29, 1.82) is 0 Å². The van der Waals surface area contributed by atoms with Crippen molar-refractivity contribution in [3.05, 3.63) is 12.3 Å². The number of hydrogen-bond donors (Lipinski definition) is 2. The van der Waals surface area contributed by atoms with Crippen LogP contribution in [-0.4, -0.2) is 21.9 Å². The van der Waals surface area contributed by atoms with Gasteiger partial charge < -0.3 is 11.1 Å². The molecule has 4 heteroatoms. The Kier molecular flexibility index (Phi) is 2.93. The van der Waals surface area contributed by atoms with Gasteiger partial charge in [-0.25, -0.2) is 0 Å². The molecule has 0 saturated heterocycles. The highest BCUT2D eigenvalue weighted by Crippen LogP contribution is 2.06. The van der Waals surface area contributed by atoms with Crippen LogP contribution in [0, 0.1) is 0 Å². The van der Waals surface area contributed by atoms with Gasteiger partial charge in [-0.15, -0.1) is 0 Å². The highest BCUT2D eigenvalue weighted by atomic mass is 15.3. The standard InChI is InChI=1S/C9H18N4/c1-9(2,10)5-7-11-8-4-6-12-13(8)3/h4,6,11H,5,7,10H2,1-3H3. The fourth-order valence-electron chi connectivity index (χ4n) is 1.06. The number of nitrogens with one attached hydrogen (secondary N) is 1. The molecular formula is C9H18N4. The molecule has 13 heavy (non-hydrogen) atoms. The molecule has 0 spiro atoms. The van der Waals surface area contributed by atoms with Gasteiger partial charge in [-0.1, -0.05) is 0 Å². The fourth-order valence-corrected chi connectivity index (χ4v) is 1.06. The highest BCUT2D eigenvalue weighted by molar-refractivity contribution is 5.33. The molecule has 0 bridgehead atoms. The van der Waals surface area contributed by atoms with Crippen LogP contribution in [0.2, 0.25) is 0 Å². The molecule has 4 nitrogen and oxygen atoms in total. The number of aryl methyl sites for hydroxylation is 1. The lowest BCUT2D eigenvalue weighted by atomic mass is 10.0. The predicted molar refractivity (Wildman–Crippen MR) is 54.6 cm³/mol. The number of rotatable bonds is 4. The molecule has 0 radical (unpaired) electrons. The van der Waals surface area contributed by atoms with Gasteiger partial charge in [0.2, 0.25) is 0 Å².